The van der Waals surface area contributed by atoms with Crippen LogP contribution in [0.5, 0.6) is 5.75 Å². The molecule has 0 aliphatic carbocycles. The number of aromatic amines is 1. The molecule has 0 spiro atoms. The Balaban J connectivity index is 2.37. The Morgan fingerprint density at radius 2 is 2.11 bits per heavy atom. The molecule has 1 aromatic carbocycles. The summed E-state index contributed by atoms with van der Waals surface area (Å²) in [5.74, 6) is 1.42. The number of hydrogen-bond donors (Lipinski definition) is 1. The standard InChI is InChI=1S/C13H13BrN2O2/c1-8-12(14)13(17)16-11(15-8)7-9-5-3-4-6-10(9)18-2/h3-6H,7H2,1-2H3,(H,15,16,17). The normalized spacial score (nSPS) is 10.4. The fourth-order valence-electron chi connectivity index (χ4n) is 1.74. The van der Waals surface area contributed by atoms with E-state index in [0.717, 1.165) is 11.3 Å². The van der Waals surface area contributed by atoms with Crippen molar-refractivity contribution in [3.8, 4) is 5.75 Å². The van der Waals surface area contributed by atoms with E-state index in [2.05, 4.69) is 25.9 Å². The summed E-state index contributed by atoms with van der Waals surface area (Å²) in [4.78, 5) is 18.7. The lowest BCUT2D eigenvalue weighted by atomic mass is 10.1. The van der Waals surface area contributed by atoms with Gasteiger partial charge in [-0.3, -0.25) is 4.79 Å². The molecule has 1 heterocycles. The number of H-pyrrole nitrogens is 1. The zero-order valence-corrected chi connectivity index (χ0v) is 11.7. The zero-order chi connectivity index (χ0) is 13.1. The summed E-state index contributed by atoms with van der Waals surface area (Å²) in [5, 5.41) is 0. The molecule has 1 N–H and O–H groups in total. The SMILES string of the molecule is COc1ccccc1Cc1nc(C)c(Br)c(=O)[nH]1. The lowest BCUT2D eigenvalue weighted by molar-refractivity contribution is 0.410. The van der Waals surface area contributed by atoms with E-state index in [9.17, 15) is 4.79 Å². The van der Waals surface area contributed by atoms with E-state index in [0.29, 0.717) is 22.4 Å². The van der Waals surface area contributed by atoms with Gasteiger partial charge in [-0.2, -0.15) is 0 Å². The number of hydrogen-bond acceptors (Lipinski definition) is 3. The second kappa shape index (κ2) is 5.35. The number of methoxy groups -OCH3 is 1. The minimum atomic E-state index is -0.160. The van der Waals surface area contributed by atoms with E-state index >= 15 is 0 Å². The Labute approximate surface area is 113 Å². The first-order valence-electron chi connectivity index (χ1n) is 5.49. The highest BCUT2D eigenvalue weighted by molar-refractivity contribution is 9.10. The van der Waals surface area contributed by atoms with Gasteiger partial charge in [0.1, 0.15) is 16.0 Å². The first kappa shape index (κ1) is 12.8. The smallest absolute Gasteiger partial charge is 0.265 e. The van der Waals surface area contributed by atoms with Crippen LogP contribution in [-0.2, 0) is 6.42 Å². The van der Waals surface area contributed by atoms with E-state index in [1.807, 2.05) is 24.3 Å². The highest BCUT2D eigenvalue weighted by Crippen LogP contribution is 2.19. The second-order valence-corrected chi connectivity index (χ2v) is 4.69. The lowest BCUT2D eigenvalue weighted by Crippen LogP contribution is -2.14. The molecule has 0 saturated heterocycles. The maximum atomic E-state index is 11.6. The molecule has 0 bridgehead atoms. The molecule has 1 aromatic heterocycles. The van der Waals surface area contributed by atoms with Gasteiger partial charge in [-0.05, 0) is 28.9 Å². The summed E-state index contributed by atoms with van der Waals surface area (Å²) in [6, 6.07) is 7.68. The third kappa shape index (κ3) is 2.61. The summed E-state index contributed by atoms with van der Waals surface area (Å²) < 4.78 is 5.75. The van der Waals surface area contributed by atoms with Crippen LogP contribution in [0.4, 0.5) is 0 Å². The van der Waals surface area contributed by atoms with Gasteiger partial charge in [-0.15, -0.1) is 0 Å². The third-order valence-electron chi connectivity index (χ3n) is 2.63. The van der Waals surface area contributed by atoms with Crippen LogP contribution < -0.4 is 10.3 Å². The molecule has 0 amide bonds. The van der Waals surface area contributed by atoms with Gasteiger partial charge in [0.2, 0.25) is 0 Å². The lowest BCUT2D eigenvalue weighted by Gasteiger charge is -2.08. The van der Waals surface area contributed by atoms with Crippen molar-refractivity contribution < 1.29 is 4.74 Å². The zero-order valence-electron chi connectivity index (χ0n) is 10.2. The third-order valence-corrected chi connectivity index (χ3v) is 3.56. The number of aryl methyl sites for hydroxylation is 1. The number of benzene rings is 1. The molecule has 0 atom stereocenters. The largest absolute Gasteiger partial charge is 0.496 e. The molecule has 0 unspecified atom stereocenters. The molecule has 2 aromatic rings. The number of nitrogens with one attached hydrogen (secondary N) is 1. The number of rotatable bonds is 3. The molecule has 0 fully saturated rings. The van der Waals surface area contributed by atoms with Gasteiger partial charge >= 0.3 is 0 Å². The van der Waals surface area contributed by atoms with Crippen LogP contribution in [0.3, 0.4) is 0 Å². The fraction of sp³-hybridized carbons (Fsp3) is 0.231. The molecule has 94 valence electrons. The van der Waals surface area contributed by atoms with Gasteiger partial charge in [0, 0.05) is 12.0 Å². The fourth-order valence-corrected chi connectivity index (χ4v) is 1.93. The molecule has 0 saturated carbocycles. The monoisotopic (exact) mass is 308 g/mol. The quantitative estimate of drug-likeness (QED) is 0.947. The van der Waals surface area contributed by atoms with Gasteiger partial charge in [0.15, 0.2) is 0 Å². The van der Waals surface area contributed by atoms with Crippen LogP contribution in [0.25, 0.3) is 0 Å². The van der Waals surface area contributed by atoms with Crippen LogP contribution >= 0.6 is 15.9 Å². The molecule has 0 radical (unpaired) electrons. The summed E-state index contributed by atoms with van der Waals surface area (Å²) in [5.41, 5.74) is 1.51. The van der Waals surface area contributed by atoms with Gasteiger partial charge in [-0.25, -0.2) is 4.98 Å². The van der Waals surface area contributed by atoms with Gasteiger partial charge in [-0.1, -0.05) is 18.2 Å². The number of nitrogens with zero attached hydrogens (tertiary/aromatic N) is 1. The molecule has 0 aliphatic heterocycles. The van der Waals surface area contributed by atoms with Crippen LogP contribution in [0.2, 0.25) is 0 Å². The highest BCUT2D eigenvalue weighted by Gasteiger charge is 2.08. The maximum absolute atomic E-state index is 11.6. The topological polar surface area (TPSA) is 55.0 Å². The molecular formula is C13H13BrN2O2. The Morgan fingerprint density at radius 3 is 2.78 bits per heavy atom. The Hall–Kier alpha value is -1.62. The molecule has 5 heteroatoms. The Bertz CT molecular complexity index is 623. The number of halogens is 1. The van der Waals surface area contributed by atoms with Gasteiger partial charge < -0.3 is 9.72 Å². The van der Waals surface area contributed by atoms with Crippen molar-refractivity contribution in [2.75, 3.05) is 7.11 Å². The Morgan fingerprint density at radius 1 is 1.39 bits per heavy atom. The van der Waals surface area contributed by atoms with E-state index < -0.39 is 0 Å². The van der Waals surface area contributed by atoms with Crippen molar-refractivity contribution in [1.82, 2.24) is 9.97 Å². The van der Waals surface area contributed by atoms with Crippen molar-refractivity contribution in [3.63, 3.8) is 0 Å². The average molecular weight is 309 g/mol. The molecule has 2 rings (SSSR count). The summed E-state index contributed by atoms with van der Waals surface area (Å²) in [6.07, 6.45) is 0.535. The first-order valence-corrected chi connectivity index (χ1v) is 6.28. The first-order chi connectivity index (χ1) is 8.61. The van der Waals surface area contributed by atoms with E-state index in [4.69, 9.17) is 4.74 Å². The summed E-state index contributed by atoms with van der Waals surface area (Å²) in [6.45, 7) is 1.80. The minimum Gasteiger partial charge on any atom is -0.496 e. The average Bonchev–Trinajstić information content (AvgIpc) is 2.36. The summed E-state index contributed by atoms with van der Waals surface area (Å²) >= 11 is 3.20. The highest BCUT2D eigenvalue weighted by atomic mass is 79.9. The van der Waals surface area contributed by atoms with Crippen LogP contribution in [0.1, 0.15) is 17.1 Å². The van der Waals surface area contributed by atoms with Crippen molar-refractivity contribution in [3.05, 3.63) is 56.2 Å². The summed E-state index contributed by atoms with van der Waals surface area (Å²) in [7, 11) is 1.63. The van der Waals surface area contributed by atoms with Crippen LogP contribution in [-0.4, -0.2) is 17.1 Å². The van der Waals surface area contributed by atoms with Crippen molar-refractivity contribution in [1.29, 1.82) is 0 Å². The van der Waals surface area contributed by atoms with Crippen LogP contribution in [0.15, 0.2) is 33.5 Å². The number of ether oxygens (including phenoxy) is 1. The van der Waals surface area contributed by atoms with Crippen molar-refractivity contribution >= 4 is 15.9 Å². The van der Waals surface area contributed by atoms with Gasteiger partial charge in [0.25, 0.3) is 5.56 Å². The maximum Gasteiger partial charge on any atom is 0.265 e. The Kier molecular flexibility index (Phi) is 3.81. The van der Waals surface area contributed by atoms with Crippen LogP contribution in [0, 0.1) is 6.92 Å². The second-order valence-electron chi connectivity index (χ2n) is 3.90. The van der Waals surface area contributed by atoms with Gasteiger partial charge in [0.05, 0.1) is 12.8 Å². The number of aromatic nitrogens is 2. The predicted molar refractivity (Wildman–Crippen MR) is 73.1 cm³/mol. The van der Waals surface area contributed by atoms with E-state index in [1.165, 1.54) is 0 Å². The molecule has 4 nitrogen and oxygen atoms in total. The van der Waals surface area contributed by atoms with Crippen molar-refractivity contribution in [2.45, 2.75) is 13.3 Å². The number of para-hydroxylation sites is 1. The predicted octanol–water partition coefficient (Wildman–Crippen LogP) is 2.44. The minimum absolute atomic E-state index is 0.160. The molecule has 18 heavy (non-hydrogen) atoms. The van der Waals surface area contributed by atoms with E-state index in [1.54, 1.807) is 14.0 Å². The molecule has 0 aliphatic rings. The van der Waals surface area contributed by atoms with E-state index in [-0.39, 0.29) is 5.56 Å². The molecular weight excluding hydrogens is 296 g/mol. The van der Waals surface area contributed by atoms with Crippen molar-refractivity contribution in [2.24, 2.45) is 0 Å².